The third-order valence-corrected chi connectivity index (χ3v) is 11.0. The van der Waals surface area contributed by atoms with Crippen LogP contribution in [0.2, 0.25) is 0 Å². The molecular weight excluding hydrogens is 669 g/mol. The van der Waals surface area contributed by atoms with Crippen molar-refractivity contribution in [3.05, 3.63) is 206 Å². The van der Waals surface area contributed by atoms with E-state index in [1.54, 1.807) is 0 Å². The Labute approximate surface area is 318 Å². The van der Waals surface area contributed by atoms with Gasteiger partial charge in [0.1, 0.15) is 11.2 Å². The van der Waals surface area contributed by atoms with Crippen molar-refractivity contribution in [2.75, 3.05) is 4.90 Å². The first kappa shape index (κ1) is 31.2. The van der Waals surface area contributed by atoms with Crippen molar-refractivity contribution < 1.29 is 4.42 Å². The van der Waals surface area contributed by atoms with Gasteiger partial charge in [0.05, 0.1) is 11.0 Å². The second-order valence-corrected chi connectivity index (χ2v) is 14.2. The van der Waals surface area contributed by atoms with Gasteiger partial charge in [-0.1, -0.05) is 133 Å². The molecule has 11 aromatic rings. The first-order valence-electron chi connectivity index (χ1n) is 18.8. The molecule has 0 bridgehead atoms. The second-order valence-electron chi connectivity index (χ2n) is 14.2. The predicted octanol–water partition coefficient (Wildman–Crippen LogP) is 14.6. The van der Waals surface area contributed by atoms with Crippen LogP contribution < -0.4 is 4.90 Å². The van der Waals surface area contributed by atoms with Crippen molar-refractivity contribution >= 4 is 71.6 Å². The summed E-state index contributed by atoms with van der Waals surface area (Å²) in [6.45, 7) is 0. The van der Waals surface area contributed by atoms with Crippen LogP contribution in [0.1, 0.15) is 0 Å². The van der Waals surface area contributed by atoms with Gasteiger partial charge in [-0.15, -0.1) is 0 Å². The van der Waals surface area contributed by atoms with Gasteiger partial charge in [0.15, 0.2) is 0 Å². The predicted molar refractivity (Wildman–Crippen MR) is 231 cm³/mol. The quantitative estimate of drug-likeness (QED) is 0.172. The van der Waals surface area contributed by atoms with Crippen molar-refractivity contribution in [3.8, 4) is 27.9 Å². The van der Waals surface area contributed by atoms with Gasteiger partial charge < -0.3 is 13.9 Å². The number of furan rings is 1. The lowest BCUT2D eigenvalue weighted by Gasteiger charge is -2.26. The highest BCUT2D eigenvalue weighted by molar-refractivity contribution is 6.13. The molecule has 0 aliphatic carbocycles. The molecule has 2 aromatic heterocycles. The Kier molecular flexibility index (Phi) is 7.17. The lowest BCUT2D eigenvalue weighted by molar-refractivity contribution is 0.670. The molecule has 0 unspecified atom stereocenters. The molecule has 0 spiro atoms. The lowest BCUT2D eigenvalue weighted by Crippen LogP contribution is -2.10. The van der Waals surface area contributed by atoms with Crippen LogP contribution in [0.15, 0.2) is 211 Å². The highest BCUT2D eigenvalue weighted by Gasteiger charge is 2.19. The van der Waals surface area contributed by atoms with Crippen LogP contribution in [0.4, 0.5) is 17.1 Å². The van der Waals surface area contributed by atoms with Gasteiger partial charge in [0, 0.05) is 49.9 Å². The highest BCUT2D eigenvalue weighted by atomic mass is 16.3. The summed E-state index contributed by atoms with van der Waals surface area (Å²) in [6, 6.07) is 73.9. The van der Waals surface area contributed by atoms with E-state index in [0.29, 0.717) is 0 Å². The van der Waals surface area contributed by atoms with Crippen molar-refractivity contribution in [1.82, 2.24) is 4.57 Å². The molecule has 9 aromatic carbocycles. The normalized spacial score (nSPS) is 11.6. The van der Waals surface area contributed by atoms with Gasteiger partial charge >= 0.3 is 0 Å². The van der Waals surface area contributed by atoms with E-state index >= 15 is 0 Å². The largest absolute Gasteiger partial charge is 0.455 e. The van der Waals surface area contributed by atoms with Crippen LogP contribution >= 0.6 is 0 Å². The van der Waals surface area contributed by atoms with E-state index in [0.717, 1.165) is 55.8 Å². The number of aromatic nitrogens is 1. The summed E-state index contributed by atoms with van der Waals surface area (Å²) in [5, 5.41) is 7.10. The number of rotatable bonds is 6. The Hall–Kier alpha value is -7.36. The zero-order valence-corrected chi connectivity index (χ0v) is 29.9. The number of anilines is 3. The van der Waals surface area contributed by atoms with E-state index in [4.69, 9.17) is 4.42 Å². The monoisotopic (exact) mass is 702 g/mol. The molecule has 0 N–H and O–H groups in total. The van der Waals surface area contributed by atoms with Gasteiger partial charge in [-0.25, -0.2) is 0 Å². The topological polar surface area (TPSA) is 21.3 Å². The maximum atomic E-state index is 6.61. The molecule has 0 saturated carbocycles. The molecule has 0 amide bonds. The molecule has 0 saturated heterocycles. The number of nitrogens with zero attached hydrogens (tertiary/aromatic N) is 2. The van der Waals surface area contributed by atoms with Crippen molar-refractivity contribution in [1.29, 1.82) is 0 Å². The molecule has 0 aliphatic heterocycles. The first-order chi connectivity index (χ1) is 27.3. The van der Waals surface area contributed by atoms with Gasteiger partial charge in [-0.05, 0) is 100 Å². The second kappa shape index (κ2) is 12.6. The zero-order valence-electron chi connectivity index (χ0n) is 29.9. The average Bonchev–Trinajstić information content (AvgIpc) is 3.79. The average molecular weight is 703 g/mol. The van der Waals surface area contributed by atoms with Crippen LogP contribution in [-0.4, -0.2) is 4.57 Å². The minimum atomic E-state index is 0.909. The van der Waals surface area contributed by atoms with E-state index in [-0.39, 0.29) is 0 Å². The molecule has 0 radical (unpaired) electrons. The van der Waals surface area contributed by atoms with Gasteiger partial charge in [-0.2, -0.15) is 0 Å². The molecule has 3 nitrogen and oxygen atoms in total. The standard InChI is InChI=1S/C52H34N2O/c1-3-12-35(13-4-1)36-22-26-41(27-23-36)53(43-30-31-50-47(34-43)45-18-9-10-21-49(45)54(50)40-16-5-2-6-17-40)42-28-24-37(25-29-42)44-19-11-20-46-48-32-38-14-7-8-15-39(38)33-51(48)55-52(44)46/h1-34H. The van der Waals surface area contributed by atoms with E-state index in [2.05, 4.69) is 216 Å². The van der Waals surface area contributed by atoms with Crippen LogP contribution in [0.5, 0.6) is 0 Å². The molecule has 0 atom stereocenters. The summed E-state index contributed by atoms with van der Waals surface area (Å²) in [6.07, 6.45) is 0. The van der Waals surface area contributed by atoms with Crippen LogP contribution in [0, 0.1) is 0 Å². The van der Waals surface area contributed by atoms with Crippen LogP contribution in [0.25, 0.3) is 82.5 Å². The SMILES string of the molecule is c1ccc(-c2ccc(N(c3ccc(-c4cccc5c4oc4cc6ccccc6cc45)cc3)c3ccc4c(c3)c3ccccc3n4-c3ccccc3)cc2)cc1. The van der Waals surface area contributed by atoms with Gasteiger partial charge in [-0.3, -0.25) is 0 Å². The fourth-order valence-electron chi connectivity index (χ4n) is 8.34. The molecule has 0 aliphatic rings. The van der Waals surface area contributed by atoms with Crippen LogP contribution in [-0.2, 0) is 0 Å². The Morgan fingerprint density at radius 1 is 0.364 bits per heavy atom. The van der Waals surface area contributed by atoms with Crippen molar-refractivity contribution in [3.63, 3.8) is 0 Å². The maximum Gasteiger partial charge on any atom is 0.143 e. The molecule has 11 rings (SSSR count). The summed E-state index contributed by atoms with van der Waals surface area (Å²) in [5.74, 6) is 0. The smallest absolute Gasteiger partial charge is 0.143 e. The summed E-state index contributed by atoms with van der Waals surface area (Å²) in [5.41, 5.74) is 13.2. The van der Waals surface area contributed by atoms with Crippen molar-refractivity contribution in [2.45, 2.75) is 0 Å². The number of fused-ring (bicyclic) bond motifs is 7. The fourth-order valence-corrected chi connectivity index (χ4v) is 8.34. The summed E-state index contributed by atoms with van der Waals surface area (Å²) < 4.78 is 8.97. The summed E-state index contributed by atoms with van der Waals surface area (Å²) >= 11 is 0. The van der Waals surface area contributed by atoms with E-state index in [1.807, 2.05) is 0 Å². The number of hydrogen-bond acceptors (Lipinski definition) is 2. The zero-order chi connectivity index (χ0) is 36.3. The minimum Gasteiger partial charge on any atom is -0.455 e. The Morgan fingerprint density at radius 2 is 0.945 bits per heavy atom. The Balaban J connectivity index is 1.05. The van der Waals surface area contributed by atoms with Gasteiger partial charge in [0.25, 0.3) is 0 Å². The van der Waals surface area contributed by atoms with Crippen LogP contribution in [0.3, 0.4) is 0 Å². The van der Waals surface area contributed by atoms with E-state index in [9.17, 15) is 0 Å². The Bertz CT molecular complexity index is 3180. The lowest BCUT2D eigenvalue weighted by atomic mass is 10.0. The highest BCUT2D eigenvalue weighted by Crippen LogP contribution is 2.42. The third-order valence-electron chi connectivity index (χ3n) is 11.0. The van der Waals surface area contributed by atoms with E-state index in [1.165, 1.54) is 43.7 Å². The first-order valence-corrected chi connectivity index (χ1v) is 18.8. The maximum absolute atomic E-state index is 6.61. The minimum absolute atomic E-state index is 0.909. The number of benzene rings is 9. The van der Waals surface area contributed by atoms with Gasteiger partial charge in [0.2, 0.25) is 0 Å². The Morgan fingerprint density at radius 3 is 1.71 bits per heavy atom. The molecular formula is C52H34N2O. The molecule has 55 heavy (non-hydrogen) atoms. The molecule has 2 heterocycles. The molecule has 258 valence electrons. The molecule has 0 fully saturated rings. The summed E-state index contributed by atoms with van der Waals surface area (Å²) in [4.78, 5) is 2.36. The molecule has 3 heteroatoms. The number of hydrogen-bond donors (Lipinski definition) is 0. The summed E-state index contributed by atoms with van der Waals surface area (Å²) in [7, 11) is 0. The van der Waals surface area contributed by atoms with E-state index < -0.39 is 0 Å². The van der Waals surface area contributed by atoms with Crippen molar-refractivity contribution in [2.24, 2.45) is 0 Å². The third kappa shape index (κ3) is 5.20. The fraction of sp³-hybridized carbons (Fsp3) is 0. The number of para-hydroxylation sites is 3.